The highest BCUT2D eigenvalue weighted by molar-refractivity contribution is 8.00. The maximum atomic E-state index is 13.3. The van der Waals surface area contributed by atoms with E-state index in [1.165, 1.54) is 0 Å². The highest BCUT2D eigenvalue weighted by Crippen LogP contribution is 2.23. The largest absolute Gasteiger partial charge is 0.465 e. The Morgan fingerprint density at radius 2 is 1.95 bits per heavy atom. The van der Waals surface area contributed by atoms with Crippen LogP contribution in [0.15, 0.2) is 0 Å². The van der Waals surface area contributed by atoms with Gasteiger partial charge in [-0.05, 0) is 44.3 Å². The molecular weight excluding hydrogens is 263 g/mol. The molecule has 0 aromatic rings. The van der Waals surface area contributed by atoms with E-state index in [-0.39, 0.29) is 11.2 Å². The zero-order valence-corrected chi connectivity index (χ0v) is 13.6. The number of halogens is 1. The summed E-state index contributed by atoms with van der Waals surface area (Å²) in [6, 6.07) is 0. The molecule has 0 N–H and O–H groups in total. The zero-order valence-electron chi connectivity index (χ0n) is 12.8. The van der Waals surface area contributed by atoms with Gasteiger partial charge in [0.1, 0.15) is 11.4 Å². The molecule has 2 nitrogen and oxygen atoms in total. The molecule has 0 saturated carbocycles. The molecule has 0 amide bonds. The predicted molar refractivity (Wildman–Crippen MR) is 81.4 cm³/mol. The van der Waals surface area contributed by atoms with Crippen LogP contribution in [0.5, 0.6) is 0 Å². The summed E-state index contributed by atoms with van der Waals surface area (Å²) in [6.45, 7) is 8.46. The van der Waals surface area contributed by atoms with Crippen LogP contribution in [0.1, 0.15) is 59.8 Å². The van der Waals surface area contributed by atoms with Gasteiger partial charge in [0.2, 0.25) is 0 Å². The lowest BCUT2D eigenvalue weighted by molar-refractivity contribution is -0.142. The fourth-order valence-corrected chi connectivity index (χ4v) is 3.23. The fraction of sp³-hybridized carbons (Fsp3) is 0.933. The minimum atomic E-state index is -0.684. The van der Waals surface area contributed by atoms with Crippen LogP contribution in [0.4, 0.5) is 4.39 Å². The standard InChI is InChI=1S/C15H29FO2S/c1-5-8-13(16)9-7-10-19-14(11-12(3)4)15(17)18-6-2/h12-14H,5-11H2,1-4H3. The summed E-state index contributed by atoms with van der Waals surface area (Å²) in [5.41, 5.74) is 0. The number of esters is 1. The Morgan fingerprint density at radius 1 is 1.26 bits per heavy atom. The van der Waals surface area contributed by atoms with E-state index in [1.807, 2.05) is 13.8 Å². The van der Waals surface area contributed by atoms with Crippen LogP contribution in [-0.4, -0.2) is 29.8 Å². The van der Waals surface area contributed by atoms with Crippen LogP contribution in [0, 0.1) is 5.92 Å². The minimum Gasteiger partial charge on any atom is -0.465 e. The van der Waals surface area contributed by atoms with Crippen molar-refractivity contribution in [2.45, 2.75) is 71.2 Å². The molecule has 0 aliphatic rings. The van der Waals surface area contributed by atoms with Crippen LogP contribution in [0.2, 0.25) is 0 Å². The Kier molecular flexibility index (Phi) is 11.4. The smallest absolute Gasteiger partial charge is 0.319 e. The Labute approximate surface area is 121 Å². The van der Waals surface area contributed by atoms with Crippen LogP contribution in [0.25, 0.3) is 0 Å². The molecule has 19 heavy (non-hydrogen) atoms. The second-order valence-electron chi connectivity index (χ2n) is 5.27. The van der Waals surface area contributed by atoms with Gasteiger partial charge >= 0.3 is 5.97 Å². The average molecular weight is 292 g/mol. The summed E-state index contributed by atoms with van der Waals surface area (Å²) >= 11 is 1.62. The van der Waals surface area contributed by atoms with Gasteiger partial charge in [-0.2, -0.15) is 0 Å². The molecule has 0 aromatic carbocycles. The molecule has 0 rings (SSSR count). The van der Waals surface area contributed by atoms with E-state index in [1.54, 1.807) is 11.8 Å². The lowest BCUT2D eigenvalue weighted by Crippen LogP contribution is -2.22. The molecule has 114 valence electrons. The van der Waals surface area contributed by atoms with Crippen molar-refractivity contribution in [2.75, 3.05) is 12.4 Å². The Hall–Kier alpha value is -0.250. The topological polar surface area (TPSA) is 26.3 Å². The van der Waals surface area contributed by atoms with Crippen LogP contribution >= 0.6 is 11.8 Å². The van der Waals surface area contributed by atoms with Gasteiger partial charge in [-0.1, -0.05) is 27.2 Å². The molecule has 2 unspecified atom stereocenters. The van der Waals surface area contributed by atoms with Crippen molar-refractivity contribution in [1.29, 1.82) is 0 Å². The SMILES string of the molecule is CCCC(F)CCCSC(CC(C)C)C(=O)OCC. The lowest BCUT2D eigenvalue weighted by Gasteiger charge is -2.17. The van der Waals surface area contributed by atoms with Crippen molar-refractivity contribution in [3.05, 3.63) is 0 Å². The number of carbonyl (C=O) groups is 1. The monoisotopic (exact) mass is 292 g/mol. The summed E-state index contributed by atoms with van der Waals surface area (Å²) in [7, 11) is 0. The van der Waals surface area contributed by atoms with Gasteiger partial charge < -0.3 is 4.74 Å². The predicted octanol–water partition coefficient (Wildman–Crippen LogP) is 4.62. The second kappa shape index (κ2) is 11.6. The molecule has 0 saturated heterocycles. The fourth-order valence-electron chi connectivity index (χ4n) is 1.88. The molecule has 4 heteroatoms. The Morgan fingerprint density at radius 3 is 2.47 bits per heavy atom. The molecule has 0 fully saturated rings. The molecular formula is C15H29FO2S. The van der Waals surface area contributed by atoms with Gasteiger partial charge in [-0.15, -0.1) is 11.8 Å². The van der Waals surface area contributed by atoms with Crippen LogP contribution < -0.4 is 0 Å². The molecule has 0 heterocycles. The van der Waals surface area contributed by atoms with Gasteiger partial charge in [0.05, 0.1) is 6.61 Å². The first-order valence-corrected chi connectivity index (χ1v) is 8.48. The Balaban J connectivity index is 3.95. The van der Waals surface area contributed by atoms with Crippen LogP contribution in [-0.2, 0) is 9.53 Å². The molecule has 0 aromatic heterocycles. The van der Waals surface area contributed by atoms with Crippen molar-refractivity contribution in [1.82, 2.24) is 0 Å². The van der Waals surface area contributed by atoms with Gasteiger partial charge in [0, 0.05) is 0 Å². The van der Waals surface area contributed by atoms with Crippen LogP contribution in [0.3, 0.4) is 0 Å². The third kappa shape index (κ3) is 10.2. The summed E-state index contributed by atoms with van der Waals surface area (Å²) in [4.78, 5) is 11.8. The molecule has 0 spiro atoms. The number of rotatable bonds is 11. The quantitative estimate of drug-likeness (QED) is 0.411. The highest BCUT2D eigenvalue weighted by atomic mass is 32.2. The number of alkyl halides is 1. The third-order valence-electron chi connectivity index (χ3n) is 2.82. The third-order valence-corrected chi connectivity index (χ3v) is 4.13. The minimum absolute atomic E-state index is 0.0933. The number of carbonyl (C=O) groups excluding carboxylic acids is 1. The van der Waals surface area contributed by atoms with Gasteiger partial charge in [0.15, 0.2) is 0 Å². The molecule has 0 radical (unpaired) electrons. The number of hydrogen-bond acceptors (Lipinski definition) is 3. The first kappa shape index (κ1) is 18.8. The normalized spacial score (nSPS) is 14.4. The van der Waals surface area contributed by atoms with Gasteiger partial charge in [-0.3, -0.25) is 4.79 Å². The van der Waals surface area contributed by atoms with Gasteiger partial charge in [0.25, 0.3) is 0 Å². The molecule has 0 aliphatic heterocycles. The van der Waals surface area contributed by atoms with E-state index in [9.17, 15) is 9.18 Å². The maximum absolute atomic E-state index is 13.3. The van der Waals surface area contributed by atoms with E-state index in [4.69, 9.17) is 4.74 Å². The zero-order chi connectivity index (χ0) is 14.7. The van der Waals surface area contributed by atoms with E-state index in [2.05, 4.69) is 13.8 Å². The molecule has 0 bridgehead atoms. The summed E-state index contributed by atoms with van der Waals surface area (Å²) < 4.78 is 18.4. The van der Waals surface area contributed by atoms with E-state index >= 15 is 0 Å². The second-order valence-corrected chi connectivity index (χ2v) is 6.58. The molecule has 2 atom stereocenters. The summed E-state index contributed by atoms with van der Waals surface area (Å²) in [5.74, 6) is 1.18. The van der Waals surface area contributed by atoms with Crippen molar-refractivity contribution in [3.8, 4) is 0 Å². The number of ether oxygens (including phenoxy) is 1. The number of thioether (sulfide) groups is 1. The van der Waals surface area contributed by atoms with Gasteiger partial charge in [-0.25, -0.2) is 4.39 Å². The van der Waals surface area contributed by atoms with Crippen molar-refractivity contribution >= 4 is 17.7 Å². The highest BCUT2D eigenvalue weighted by Gasteiger charge is 2.21. The van der Waals surface area contributed by atoms with Crippen molar-refractivity contribution in [3.63, 3.8) is 0 Å². The van der Waals surface area contributed by atoms with Crippen molar-refractivity contribution < 1.29 is 13.9 Å². The first-order valence-electron chi connectivity index (χ1n) is 7.43. The van der Waals surface area contributed by atoms with Crippen molar-refractivity contribution in [2.24, 2.45) is 5.92 Å². The average Bonchev–Trinajstić information content (AvgIpc) is 2.33. The number of hydrogen-bond donors (Lipinski definition) is 0. The van der Waals surface area contributed by atoms with E-state index in [0.717, 1.165) is 25.0 Å². The maximum Gasteiger partial charge on any atom is 0.319 e. The van der Waals surface area contributed by atoms with E-state index in [0.29, 0.717) is 25.4 Å². The summed E-state index contributed by atoms with van der Waals surface area (Å²) in [6.07, 6.45) is 3.14. The summed E-state index contributed by atoms with van der Waals surface area (Å²) in [5, 5.41) is -0.0933. The lowest BCUT2D eigenvalue weighted by atomic mass is 10.1. The molecule has 0 aliphatic carbocycles. The first-order chi connectivity index (χ1) is 9.01. The van der Waals surface area contributed by atoms with E-state index < -0.39 is 6.17 Å². The Bertz CT molecular complexity index is 234.